The average Bonchev–Trinajstić information content (AvgIpc) is 3.09. The fourth-order valence-electron chi connectivity index (χ4n) is 4.11. The van der Waals surface area contributed by atoms with E-state index >= 15 is 0 Å². The van der Waals surface area contributed by atoms with Crippen LogP contribution in [0.4, 0.5) is 11.4 Å². The van der Waals surface area contributed by atoms with Gasteiger partial charge in [0.05, 0.1) is 11.9 Å². The Balaban J connectivity index is 1.78. The summed E-state index contributed by atoms with van der Waals surface area (Å²) in [7, 11) is -6.19. The summed E-state index contributed by atoms with van der Waals surface area (Å²) in [5.41, 5.74) is 0.0566. The van der Waals surface area contributed by atoms with Gasteiger partial charge < -0.3 is 15.3 Å². The molecular weight excluding hydrogens is 420 g/mol. The highest BCUT2D eigenvalue weighted by molar-refractivity contribution is 7.92. The monoisotopic (exact) mass is 440 g/mol. The van der Waals surface area contributed by atoms with Crippen molar-refractivity contribution >= 4 is 43.2 Å². The van der Waals surface area contributed by atoms with Gasteiger partial charge in [-0.15, -0.1) is 4.40 Å². The predicted molar refractivity (Wildman–Crippen MR) is 107 cm³/mol. The van der Waals surface area contributed by atoms with Gasteiger partial charge in [-0.05, 0) is 31.0 Å². The Morgan fingerprint density at radius 1 is 1.31 bits per heavy atom. The lowest BCUT2D eigenvalue weighted by Crippen LogP contribution is -2.48. The van der Waals surface area contributed by atoms with Crippen molar-refractivity contribution in [2.45, 2.75) is 30.2 Å². The fraction of sp³-hybridized carbons (Fsp3) is 0.412. The van der Waals surface area contributed by atoms with Crippen molar-refractivity contribution in [3.63, 3.8) is 0 Å². The van der Waals surface area contributed by atoms with Gasteiger partial charge >= 0.3 is 0 Å². The number of anilines is 2. The summed E-state index contributed by atoms with van der Waals surface area (Å²) in [6.07, 6.45) is 3.30. The first kappa shape index (κ1) is 19.7. The average molecular weight is 441 g/mol. The summed E-state index contributed by atoms with van der Waals surface area (Å²) in [6, 6.07) is 3.81. The van der Waals surface area contributed by atoms with E-state index in [1.807, 2.05) is 0 Å². The fourth-order valence-corrected chi connectivity index (χ4v) is 5.82. The van der Waals surface area contributed by atoms with E-state index in [9.17, 15) is 26.7 Å². The molecule has 1 fully saturated rings. The van der Waals surface area contributed by atoms with Crippen LogP contribution in [-0.2, 0) is 24.8 Å². The number of amides is 1. The molecule has 0 saturated heterocycles. The number of carbonyl (C=O) groups excluding carboxylic acids is 1. The molecule has 0 aromatic heterocycles. The highest BCUT2D eigenvalue weighted by atomic mass is 32.2. The van der Waals surface area contributed by atoms with E-state index in [4.69, 9.17) is 0 Å². The van der Waals surface area contributed by atoms with Gasteiger partial charge in [0.1, 0.15) is 16.2 Å². The lowest BCUT2D eigenvalue weighted by Gasteiger charge is -2.36. The molecule has 12 heteroatoms. The molecular formula is C17H20N4O6S2. The van der Waals surface area contributed by atoms with E-state index < -0.39 is 26.0 Å². The Kier molecular flexibility index (Phi) is 4.39. The molecule has 1 amide bonds. The Morgan fingerprint density at radius 3 is 2.72 bits per heavy atom. The quantitative estimate of drug-likeness (QED) is 0.636. The number of hydrogen-bond donors (Lipinski definition) is 3. The number of sulfonamides is 2. The number of likely N-dealkylation sites (N-methyl/N-ethyl adjacent to an activating group) is 1. The van der Waals surface area contributed by atoms with Crippen molar-refractivity contribution < 1.29 is 26.7 Å². The smallest absolute Gasteiger partial charge is 0.286 e. The SMILES string of the molecule is CN1C(=O)C(C2=NS(=O)(=O)c3cc(NS(C)(=O)=O)ccc3N2)=C(O)C2CCCC21. The third kappa shape index (κ3) is 3.35. The highest BCUT2D eigenvalue weighted by Gasteiger charge is 2.45. The molecule has 2 aliphatic heterocycles. The maximum absolute atomic E-state index is 12.8. The molecule has 0 radical (unpaired) electrons. The highest BCUT2D eigenvalue weighted by Crippen LogP contribution is 2.40. The Labute approximate surface area is 168 Å². The molecule has 4 rings (SSSR count). The molecule has 2 heterocycles. The number of aliphatic hydroxyl groups excluding tert-OH is 1. The van der Waals surface area contributed by atoms with Gasteiger partial charge in [0, 0.05) is 24.7 Å². The molecule has 1 aromatic rings. The molecule has 1 aromatic carbocycles. The van der Waals surface area contributed by atoms with Crippen LogP contribution in [0.25, 0.3) is 0 Å². The molecule has 10 nitrogen and oxygen atoms in total. The maximum Gasteiger partial charge on any atom is 0.286 e. The molecule has 2 unspecified atom stereocenters. The molecule has 156 valence electrons. The van der Waals surface area contributed by atoms with Crippen LogP contribution in [0, 0.1) is 5.92 Å². The van der Waals surface area contributed by atoms with E-state index in [1.54, 1.807) is 7.05 Å². The van der Waals surface area contributed by atoms with Gasteiger partial charge in [0.2, 0.25) is 10.0 Å². The summed E-state index contributed by atoms with van der Waals surface area (Å²) >= 11 is 0. The zero-order valence-corrected chi connectivity index (χ0v) is 17.3. The van der Waals surface area contributed by atoms with E-state index in [2.05, 4.69) is 14.4 Å². The molecule has 3 aliphatic rings. The molecule has 0 spiro atoms. The van der Waals surface area contributed by atoms with E-state index in [-0.39, 0.29) is 45.4 Å². The first-order valence-electron chi connectivity index (χ1n) is 8.92. The predicted octanol–water partition coefficient (Wildman–Crippen LogP) is 1.02. The second-order valence-electron chi connectivity index (χ2n) is 7.41. The lowest BCUT2D eigenvalue weighted by molar-refractivity contribution is -0.129. The van der Waals surface area contributed by atoms with Crippen molar-refractivity contribution in [1.29, 1.82) is 0 Å². The summed E-state index contributed by atoms with van der Waals surface area (Å²) in [5.74, 6) is -1.12. The summed E-state index contributed by atoms with van der Waals surface area (Å²) < 4.78 is 54.2. The van der Waals surface area contributed by atoms with Crippen molar-refractivity contribution in [3.8, 4) is 0 Å². The standard InChI is InChI=1S/C17H20N4O6S2/c1-21-12-5-3-4-10(12)15(22)14(17(21)23)16-18-11-7-6-9(19-28(2,24)25)8-13(11)29(26,27)20-16/h6-8,10,12,19,22H,3-5H2,1-2H3,(H,18,20). The van der Waals surface area contributed by atoms with Crippen LogP contribution in [0.1, 0.15) is 19.3 Å². The number of benzene rings is 1. The summed E-state index contributed by atoms with van der Waals surface area (Å²) in [4.78, 5) is 14.1. The van der Waals surface area contributed by atoms with Gasteiger partial charge in [-0.2, -0.15) is 8.42 Å². The number of carbonyl (C=O) groups is 1. The first-order valence-corrected chi connectivity index (χ1v) is 12.3. The Bertz CT molecular complexity index is 1190. The van der Waals surface area contributed by atoms with Gasteiger partial charge in [-0.25, -0.2) is 8.42 Å². The van der Waals surface area contributed by atoms with Crippen LogP contribution in [-0.4, -0.2) is 57.9 Å². The molecule has 0 bridgehead atoms. The summed E-state index contributed by atoms with van der Waals surface area (Å²) in [6.45, 7) is 0. The zero-order valence-electron chi connectivity index (χ0n) is 15.7. The zero-order chi connectivity index (χ0) is 21.1. The molecule has 29 heavy (non-hydrogen) atoms. The van der Waals surface area contributed by atoms with Crippen LogP contribution < -0.4 is 10.0 Å². The minimum Gasteiger partial charge on any atom is -0.511 e. The minimum atomic E-state index is -4.23. The molecule has 2 atom stereocenters. The van der Waals surface area contributed by atoms with E-state index in [1.165, 1.54) is 17.0 Å². The molecule has 3 N–H and O–H groups in total. The lowest BCUT2D eigenvalue weighted by atomic mass is 9.90. The topological polar surface area (TPSA) is 145 Å². The van der Waals surface area contributed by atoms with Gasteiger partial charge in [-0.1, -0.05) is 6.42 Å². The number of hydrogen-bond acceptors (Lipinski definition) is 7. The third-order valence-electron chi connectivity index (χ3n) is 5.38. The van der Waals surface area contributed by atoms with Crippen molar-refractivity contribution in [1.82, 2.24) is 4.90 Å². The van der Waals surface area contributed by atoms with Crippen molar-refractivity contribution in [3.05, 3.63) is 29.5 Å². The second-order valence-corrected chi connectivity index (χ2v) is 10.7. The number of aliphatic hydroxyl groups is 1. The number of fused-ring (bicyclic) bond motifs is 2. The Hall–Kier alpha value is -2.60. The second kappa shape index (κ2) is 6.46. The number of amidine groups is 1. The van der Waals surface area contributed by atoms with Crippen LogP contribution in [0.2, 0.25) is 0 Å². The Morgan fingerprint density at radius 2 is 2.03 bits per heavy atom. The number of nitrogens with zero attached hydrogens (tertiary/aromatic N) is 2. The van der Waals surface area contributed by atoms with Crippen molar-refractivity contribution in [2.24, 2.45) is 10.3 Å². The van der Waals surface area contributed by atoms with Gasteiger partial charge in [-0.3, -0.25) is 9.52 Å². The van der Waals surface area contributed by atoms with Gasteiger partial charge in [0.25, 0.3) is 15.9 Å². The largest absolute Gasteiger partial charge is 0.511 e. The van der Waals surface area contributed by atoms with Crippen LogP contribution >= 0.6 is 0 Å². The van der Waals surface area contributed by atoms with Crippen LogP contribution in [0.3, 0.4) is 0 Å². The number of rotatable bonds is 3. The number of nitrogens with one attached hydrogen (secondary N) is 2. The minimum absolute atomic E-state index is 0.0691. The first-order chi connectivity index (χ1) is 13.5. The normalized spacial score (nSPS) is 25.8. The summed E-state index contributed by atoms with van der Waals surface area (Å²) in [5, 5.41) is 13.5. The maximum atomic E-state index is 12.8. The van der Waals surface area contributed by atoms with Crippen molar-refractivity contribution in [2.75, 3.05) is 23.3 Å². The molecule has 1 aliphatic carbocycles. The van der Waals surface area contributed by atoms with E-state index in [0.29, 0.717) is 6.42 Å². The van der Waals surface area contributed by atoms with Crippen LogP contribution in [0.5, 0.6) is 0 Å². The molecule has 1 saturated carbocycles. The van der Waals surface area contributed by atoms with Gasteiger partial charge in [0.15, 0.2) is 5.84 Å². The third-order valence-corrected chi connectivity index (χ3v) is 7.31. The van der Waals surface area contributed by atoms with Crippen LogP contribution in [0.15, 0.2) is 38.8 Å². The van der Waals surface area contributed by atoms with E-state index in [0.717, 1.165) is 25.2 Å².